The molecule has 29 heavy (non-hydrogen) atoms. The highest BCUT2D eigenvalue weighted by Gasteiger charge is 2.22. The Morgan fingerprint density at radius 3 is 2.79 bits per heavy atom. The lowest BCUT2D eigenvalue weighted by Gasteiger charge is -2.27. The second kappa shape index (κ2) is 8.75. The van der Waals surface area contributed by atoms with Crippen LogP contribution in [0.3, 0.4) is 0 Å². The average molecular weight is 398 g/mol. The smallest absolute Gasteiger partial charge is 0.349 e. The summed E-state index contributed by atoms with van der Waals surface area (Å²) in [6, 6.07) is 5.46. The molecule has 0 aliphatic carbocycles. The standard InChI is InChI=1S/C21H26N4O4/c1-14-11-17(15-3-2-6-22-12-15)29-21(27)19(14)20(26)24-16-4-5-18(23-13-16)25-7-9-28-10-8-25/h4-5,11,13,15,22H,2-3,6-10,12H2,1H3,(H,24,26). The normalized spacial score (nSPS) is 19.8. The van der Waals surface area contributed by atoms with Crippen LogP contribution in [0.1, 0.15) is 40.4 Å². The summed E-state index contributed by atoms with van der Waals surface area (Å²) >= 11 is 0. The largest absolute Gasteiger partial charge is 0.427 e. The Morgan fingerprint density at radius 1 is 1.31 bits per heavy atom. The molecule has 0 radical (unpaired) electrons. The lowest BCUT2D eigenvalue weighted by molar-refractivity contribution is 0.102. The van der Waals surface area contributed by atoms with E-state index in [-0.39, 0.29) is 11.5 Å². The number of nitrogens with zero attached hydrogens (tertiary/aromatic N) is 2. The van der Waals surface area contributed by atoms with E-state index in [2.05, 4.69) is 20.5 Å². The first-order valence-electron chi connectivity index (χ1n) is 10.1. The molecule has 0 bridgehead atoms. The molecule has 2 aliphatic rings. The third-order valence-electron chi connectivity index (χ3n) is 5.43. The minimum atomic E-state index is -0.596. The van der Waals surface area contributed by atoms with Crippen LogP contribution in [0.15, 0.2) is 33.6 Å². The van der Waals surface area contributed by atoms with Crippen LogP contribution in [0, 0.1) is 6.92 Å². The van der Waals surface area contributed by atoms with E-state index >= 15 is 0 Å². The Hall–Kier alpha value is -2.71. The molecule has 1 amide bonds. The third kappa shape index (κ3) is 4.49. The maximum absolute atomic E-state index is 12.7. The van der Waals surface area contributed by atoms with Crippen molar-refractivity contribution < 1.29 is 13.9 Å². The highest BCUT2D eigenvalue weighted by Crippen LogP contribution is 2.24. The highest BCUT2D eigenvalue weighted by molar-refractivity contribution is 6.04. The van der Waals surface area contributed by atoms with Crippen molar-refractivity contribution in [2.24, 2.45) is 0 Å². The molecule has 2 fully saturated rings. The predicted molar refractivity (Wildman–Crippen MR) is 110 cm³/mol. The van der Waals surface area contributed by atoms with E-state index < -0.39 is 11.5 Å². The molecule has 0 saturated carbocycles. The van der Waals surface area contributed by atoms with Crippen LogP contribution >= 0.6 is 0 Å². The van der Waals surface area contributed by atoms with Gasteiger partial charge in [-0.15, -0.1) is 0 Å². The SMILES string of the molecule is Cc1cc(C2CCCNC2)oc(=O)c1C(=O)Nc1ccc(N2CCOCC2)nc1. The lowest BCUT2D eigenvalue weighted by Crippen LogP contribution is -2.36. The number of hydrogen-bond donors (Lipinski definition) is 2. The van der Waals surface area contributed by atoms with Crippen molar-refractivity contribution in [1.82, 2.24) is 10.3 Å². The summed E-state index contributed by atoms with van der Waals surface area (Å²) < 4.78 is 10.8. The average Bonchev–Trinajstić information content (AvgIpc) is 2.75. The van der Waals surface area contributed by atoms with Crippen molar-refractivity contribution in [2.45, 2.75) is 25.7 Å². The Labute approximate surface area is 169 Å². The number of rotatable bonds is 4. The summed E-state index contributed by atoms with van der Waals surface area (Å²) in [7, 11) is 0. The van der Waals surface area contributed by atoms with Crippen molar-refractivity contribution >= 4 is 17.4 Å². The van der Waals surface area contributed by atoms with Gasteiger partial charge in [0.15, 0.2) is 0 Å². The fourth-order valence-corrected chi connectivity index (χ4v) is 3.83. The number of aryl methyl sites for hydroxylation is 1. The van der Waals surface area contributed by atoms with Crippen LogP contribution in [-0.2, 0) is 4.74 Å². The van der Waals surface area contributed by atoms with Crippen molar-refractivity contribution in [1.29, 1.82) is 0 Å². The molecule has 2 saturated heterocycles. The quantitative estimate of drug-likeness (QED) is 0.812. The van der Waals surface area contributed by atoms with Crippen molar-refractivity contribution in [3.8, 4) is 0 Å². The van der Waals surface area contributed by atoms with Crippen LogP contribution in [0.5, 0.6) is 0 Å². The molecule has 8 nitrogen and oxygen atoms in total. The van der Waals surface area contributed by atoms with Crippen molar-refractivity contribution in [2.75, 3.05) is 49.6 Å². The maximum atomic E-state index is 12.7. The predicted octanol–water partition coefficient (Wildman–Crippen LogP) is 1.90. The second-order valence-corrected chi connectivity index (χ2v) is 7.50. The van der Waals surface area contributed by atoms with Gasteiger partial charge in [-0.2, -0.15) is 0 Å². The van der Waals surface area contributed by atoms with E-state index in [4.69, 9.17) is 9.15 Å². The van der Waals surface area contributed by atoms with Crippen LogP contribution in [-0.4, -0.2) is 50.3 Å². The van der Waals surface area contributed by atoms with Crippen LogP contribution < -0.4 is 21.2 Å². The molecule has 4 heterocycles. The summed E-state index contributed by atoms with van der Waals surface area (Å²) in [5, 5.41) is 6.06. The number of ether oxygens (including phenoxy) is 1. The van der Waals surface area contributed by atoms with Crippen molar-refractivity contribution in [3.63, 3.8) is 0 Å². The zero-order chi connectivity index (χ0) is 20.2. The summed E-state index contributed by atoms with van der Waals surface area (Å²) in [4.78, 5) is 31.8. The van der Waals surface area contributed by atoms with Gasteiger partial charge in [0.2, 0.25) is 0 Å². The van der Waals surface area contributed by atoms with Crippen LogP contribution in [0.25, 0.3) is 0 Å². The molecule has 0 aromatic carbocycles. The Bertz CT molecular complexity index is 913. The lowest BCUT2D eigenvalue weighted by atomic mass is 9.95. The van der Waals surface area contributed by atoms with Gasteiger partial charge in [0.1, 0.15) is 17.1 Å². The zero-order valence-electron chi connectivity index (χ0n) is 16.6. The molecule has 154 valence electrons. The number of amides is 1. The van der Waals surface area contributed by atoms with Gasteiger partial charge in [-0.3, -0.25) is 4.79 Å². The number of carbonyl (C=O) groups excluding carboxylic acids is 1. The fourth-order valence-electron chi connectivity index (χ4n) is 3.83. The molecule has 4 rings (SSSR count). The Balaban J connectivity index is 1.47. The minimum absolute atomic E-state index is 0.0368. The van der Waals surface area contributed by atoms with E-state index in [1.807, 2.05) is 12.1 Å². The fraction of sp³-hybridized carbons (Fsp3) is 0.476. The first-order valence-corrected chi connectivity index (χ1v) is 10.1. The number of carbonyl (C=O) groups is 1. The van der Waals surface area contributed by atoms with Gasteiger partial charge in [0.25, 0.3) is 5.91 Å². The van der Waals surface area contributed by atoms with Gasteiger partial charge < -0.3 is 24.7 Å². The van der Waals surface area contributed by atoms with E-state index in [0.717, 1.165) is 44.8 Å². The van der Waals surface area contributed by atoms with Gasteiger partial charge in [-0.25, -0.2) is 9.78 Å². The number of pyridine rings is 1. The minimum Gasteiger partial charge on any atom is -0.427 e. The van der Waals surface area contributed by atoms with E-state index in [1.54, 1.807) is 19.2 Å². The van der Waals surface area contributed by atoms with E-state index in [0.29, 0.717) is 30.2 Å². The van der Waals surface area contributed by atoms with Gasteiger partial charge in [0.05, 0.1) is 25.1 Å². The van der Waals surface area contributed by atoms with E-state index in [1.165, 1.54) is 0 Å². The second-order valence-electron chi connectivity index (χ2n) is 7.50. The molecule has 2 N–H and O–H groups in total. The topological polar surface area (TPSA) is 96.7 Å². The number of aromatic nitrogens is 1. The zero-order valence-corrected chi connectivity index (χ0v) is 16.6. The maximum Gasteiger partial charge on any atom is 0.349 e. The monoisotopic (exact) mass is 398 g/mol. The summed E-state index contributed by atoms with van der Waals surface area (Å²) in [6.07, 6.45) is 3.62. The molecule has 0 spiro atoms. The van der Waals surface area contributed by atoms with E-state index in [9.17, 15) is 9.59 Å². The van der Waals surface area contributed by atoms with Crippen LogP contribution in [0.2, 0.25) is 0 Å². The highest BCUT2D eigenvalue weighted by atomic mass is 16.5. The van der Waals surface area contributed by atoms with Gasteiger partial charge in [-0.05, 0) is 50.1 Å². The molecule has 1 unspecified atom stereocenters. The number of anilines is 2. The Morgan fingerprint density at radius 2 is 2.14 bits per heavy atom. The van der Waals surface area contributed by atoms with Gasteiger partial charge in [0, 0.05) is 25.6 Å². The first-order chi connectivity index (χ1) is 14.1. The molecule has 8 heteroatoms. The number of morpholine rings is 1. The van der Waals surface area contributed by atoms with Gasteiger partial charge in [-0.1, -0.05) is 0 Å². The molecule has 2 aromatic rings. The first kappa shape index (κ1) is 19.6. The molecule has 1 atom stereocenters. The van der Waals surface area contributed by atoms with Crippen LogP contribution in [0.4, 0.5) is 11.5 Å². The summed E-state index contributed by atoms with van der Waals surface area (Å²) in [5.74, 6) is 1.18. The molecule has 2 aliphatic heterocycles. The number of nitrogens with one attached hydrogen (secondary N) is 2. The molecular formula is C21H26N4O4. The number of piperidine rings is 1. The third-order valence-corrected chi connectivity index (χ3v) is 5.43. The van der Waals surface area contributed by atoms with Crippen molar-refractivity contribution in [3.05, 3.63) is 51.7 Å². The Kier molecular flexibility index (Phi) is 5.92. The number of hydrogen-bond acceptors (Lipinski definition) is 7. The summed E-state index contributed by atoms with van der Waals surface area (Å²) in [6.45, 7) is 6.49. The molecule has 2 aromatic heterocycles. The molecular weight excluding hydrogens is 372 g/mol. The van der Waals surface area contributed by atoms with Gasteiger partial charge >= 0.3 is 5.63 Å². The summed E-state index contributed by atoms with van der Waals surface area (Å²) in [5.41, 5.74) is 0.597.